The summed E-state index contributed by atoms with van der Waals surface area (Å²) in [6.45, 7) is 0. The molecule has 0 saturated heterocycles. The number of nitrogen functional groups attached to an aromatic ring is 1. The van der Waals surface area contributed by atoms with Gasteiger partial charge in [-0.05, 0) is 65.2 Å². The van der Waals surface area contributed by atoms with E-state index in [0.29, 0.717) is 0 Å². The van der Waals surface area contributed by atoms with Gasteiger partial charge in [-0.2, -0.15) is 0 Å². The van der Waals surface area contributed by atoms with Gasteiger partial charge < -0.3 is 14.7 Å². The van der Waals surface area contributed by atoms with Crippen molar-refractivity contribution < 1.29 is 4.42 Å². The lowest BCUT2D eigenvalue weighted by molar-refractivity contribution is 0.669. The van der Waals surface area contributed by atoms with Crippen molar-refractivity contribution in [2.24, 2.45) is 0 Å². The van der Waals surface area contributed by atoms with E-state index in [2.05, 4.69) is 114 Å². The van der Waals surface area contributed by atoms with Crippen molar-refractivity contribution in [2.45, 2.75) is 10.6 Å². The fraction of sp³-hybridized carbons (Fsp3) is 0.0270. The molecule has 41 heavy (non-hydrogen) atoms. The zero-order valence-corrected chi connectivity index (χ0v) is 23.1. The van der Waals surface area contributed by atoms with Crippen molar-refractivity contribution in [3.8, 4) is 16.8 Å². The maximum atomic E-state index is 6.65. The molecule has 0 saturated carbocycles. The van der Waals surface area contributed by atoms with Crippen LogP contribution in [0.2, 0.25) is 0 Å². The summed E-state index contributed by atoms with van der Waals surface area (Å²) in [5.74, 6) is 0.833. The van der Waals surface area contributed by atoms with E-state index in [1.54, 1.807) is 11.8 Å². The van der Waals surface area contributed by atoms with Crippen molar-refractivity contribution in [2.75, 3.05) is 5.73 Å². The number of hydrogen-bond acceptors (Lipinski definition) is 3. The number of rotatable bonds is 5. The van der Waals surface area contributed by atoms with Crippen molar-refractivity contribution in [1.29, 1.82) is 0 Å². The second-order valence-corrected chi connectivity index (χ2v) is 11.4. The van der Waals surface area contributed by atoms with E-state index in [1.807, 2.05) is 24.3 Å². The van der Waals surface area contributed by atoms with Crippen molar-refractivity contribution in [1.82, 2.24) is 4.57 Å². The van der Waals surface area contributed by atoms with Gasteiger partial charge in [0.05, 0.1) is 22.1 Å². The summed E-state index contributed by atoms with van der Waals surface area (Å²) in [5, 5.41) is 4.59. The van der Waals surface area contributed by atoms with E-state index >= 15 is 0 Å². The van der Waals surface area contributed by atoms with Crippen LogP contribution in [0.1, 0.15) is 5.56 Å². The molecule has 0 spiro atoms. The first-order valence-electron chi connectivity index (χ1n) is 13.7. The Morgan fingerprint density at radius 3 is 2.17 bits per heavy atom. The molecule has 4 heteroatoms. The Morgan fingerprint density at radius 2 is 1.32 bits per heavy atom. The van der Waals surface area contributed by atoms with E-state index in [0.717, 1.165) is 44.0 Å². The predicted molar refractivity (Wildman–Crippen MR) is 174 cm³/mol. The Balaban J connectivity index is 1.12. The van der Waals surface area contributed by atoms with Gasteiger partial charge in [0.25, 0.3) is 0 Å². The van der Waals surface area contributed by atoms with Gasteiger partial charge >= 0.3 is 0 Å². The summed E-state index contributed by atoms with van der Waals surface area (Å²) < 4.78 is 8.37. The maximum absolute atomic E-state index is 6.65. The predicted octanol–water partition coefficient (Wildman–Crippen LogP) is 10.2. The molecule has 8 aromatic rings. The monoisotopic (exact) mass is 546 g/mol. The molecule has 0 radical (unpaired) electrons. The van der Waals surface area contributed by atoms with Crippen LogP contribution in [0.15, 0.2) is 143 Å². The topological polar surface area (TPSA) is 44.1 Å². The highest BCUT2D eigenvalue weighted by molar-refractivity contribution is 7.98. The third-order valence-electron chi connectivity index (χ3n) is 7.91. The molecule has 0 amide bonds. The SMILES string of the molecule is Nc1c(SCc2ccc(-n3c4ccccc4c4cc(-c5ccccc5)ccc43)cc2)ccc2oc3ccccc3c12. The molecule has 2 aromatic heterocycles. The number of hydrogen-bond donors (Lipinski definition) is 1. The fourth-order valence-electron chi connectivity index (χ4n) is 5.91. The highest BCUT2D eigenvalue weighted by Gasteiger charge is 2.15. The number of nitrogens with two attached hydrogens (primary N) is 1. The molecule has 2 N–H and O–H groups in total. The average Bonchev–Trinajstić information content (AvgIpc) is 3.57. The molecule has 0 unspecified atom stereocenters. The molecule has 2 heterocycles. The number of benzene rings is 6. The van der Waals surface area contributed by atoms with E-state index in [9.17, 15) is 0 Å². The number of para-hydroxylation sites is 2. The minimum atomic E-state index is 0.786. The maximum Gasteiger partial charge on any atom is 0.137 e. The Labute approximate surface area is 241 Å². The fourth-order valence-corrected chi connectivity index (χ4v) is 6.85. The molecule has 0 aliphatic rings. The number of fused-ring (bicyclic) bond motifs is 6. The van der Waals surface area contributed by atoms with Gasteiger partial charge in [0.1, 0.15) is 11.2 Å². The van der Waals surface area contributed by atoms with Crippen LogP contribution in [-0.2, 0) is 5.75 Å². The molecule has 0 aliphatic heterocycles. The second-order valence-electron chi connectivity index (χ2n) is 10.4. The van der Waals surface area contributed by atoms with Gasteiger partial charge in [0, 0.05) is 32.5 Å². The van der Waals surface area contributed by atoms with Crippen LogP contribution in [-0.4, -0.2) is 4.57 Å². The zero-order valence-electron chi connectivity index (χ0n) is 22.2. The smallest absolute Gasteiger partial charge is 0.137 e. The largest absolute Gasteiger partial charge is 0.456 e. The molecule has 196 valence electrons. The Bertz CT molecular complexity index is 2210. The zero-order chi connectivity index (χ0) is 27.3. The Morgan fingerprint density at radius 1 is 0.585 bits per heavy atom. The van der Waals surface area contributed by atoms with Gasteiger partial charge in [-0.1, -0.05) is 84.9 Å². The van der Waals surface area contributed by atoms with Crippen molar-refractivity contribution in [3.63, 3.8) is 0 Å². The molecule has 3 nitrogen and oxygen atoms in total. The number of nitrogens with zero attached hydrogens (tertiary/aromatic N) is 1. The van der Waals surface area contributed by atoms with Crippen LogP contribution in [0.25, 0.3) is 60.6 Å². The van der Waals surface area contributed by atoms with Gasteiger partial charge in [0.15, 0.2) is 0 Å². The van der Waals surface area contributed by atoms with E-state index in [4.69, 9.17) is 10.2 Å². The lowest BCUT2D eigenvalue weighted by Crippen LogP contribution is -1.94. The van der Waals surface area contributed by atoms with Crippen molar-refractivity contribution in [3.05, 3.63) is 139 Å². The van der Waals surface area contributed by atoms with Crippen LogP contribution in [0.5, 0.6) is 0 Å². The quantitative estimate of drug-likeness (QED) is 0.172. The minimum absolute atomic E-state index is 0.786. The first-order chi connectivity index (χ1) is 20.2. The summed E-state index contributed by atoms with van der Waals surface area (Å²) in [7, 11) is 0. The Hall–Kier alpha value is -4.93. The standard InChI is InChI=1S/C37H26N2OS/c38-37-35(21-20-34-36(37)29-11-5-7-13-33(29)40-34)41-23-24-14-17-27(18-15-24)39-31-12-6-4-10-28(31)30-22-26(16-19-32(30)39)25-8-2-1-3-9-25/h1-22H,23,38H2. The number of anilines is 1. The van der Waals surface area contributed by atoms with Gasteiger partial charge in [-0.15, -0.1) is 11.8 Å². The lowest BCUT2D eigenvalue weighted by atomic mass is 10.0. The van der Waals surface area contributed by atoms with Gasteiger partial charge in [0.2, 0.25) is 0 Å². The number of furan rings is 1. The normalized spacial score (nSPS) is 11.7. The summed E-state index contributed by atoms with van der Waals surface area (Å²) >= 11 is 1.76. The molecule has 8 rings (SSSR count). The van der Waals surface area contributed by atoms with Crippen molar-refractivity contribution >= 4 is 61.2 Å². The third-order valence-corrected chi connectivity index (χ3v) is 9.06. The summed E-state index contributed by atoms with van der Waals surface area (Å²) in [6.07, 6.45) is 0. The van der Waals surface area contributed by atoms with E-state index < -0.39 is 0 Å². The first kappa shape index (κ1) is 23.9. The number of thioether (sulfide) groups is 1. The molecule has 0 fully saturated rings. The molecular formula is C37H26N2OS. The Kier molecular flexibility index (Phi) is 5.61. The summed E-state index contributed by atoms with van der Waals surface area (Å²) in [4.78, 5) is 1.07. The molecule has 0 bridgehead atoms. The highest BCUT2D eigenvalue weighted by atomic mass is 32.2. The molecule has 6 aromatic carbocycles. The van der Waals surface area contributed by atoms with Gasteiger partial charge in [-0.3, -0.25) is 0 Å². The molecule has 0 aliphatic carbocycles. The highest BCUT2D eigenvalue weighted by Crippen LogP contribution is 2.39. The van der Waals surface area contributed by atoms with Crippen LogP contribution in [0, 0.1) is 0 Å². The van der Waals surface area contributed by atoms with Gasteiger partial charge in [-0.25, -0.2) is 0 Å². The van der Waals surface area contributed by atoms with Crippen LogP contribution >= 0.6 is 11.8 Å². The second kappa shape index (κ2) is 9.61. The first-order valence-corrected chi connectivity index (χ1v) is 14.7. The molecular weight excluding hydrogens is 520 g/mol. The van der Waals surface area contributed by atoms with E-state index in [1.165, 1.54) is 38.5 Å². The molecule has 0 atom stereocenters. The lowest BCUT2D eigenvalue weighted by Gasteiger charge is -2.10. The van der Waals surface area contributed by atoms with E-state index in [-0.39, 0.29) is 0 Å². The van der Waals surface area contributed by atoms with Crippen LogP contribution in [0.3, 0.4) is 0 Å². The third kappa shape index (κ3) is 3.99. The number of aromatic nitrogens is 1. The summed E-state index contributed by atoms with van der Waals surface area (Å²) in [6, 6.07) is 47.1. The van der Waals surface area contributed by atoms with Crippen LogP contribution < -0.4 is 5.73 Å². The summed E-state index contributed by atoms with van der Waals surface area (Å²) in [5.41, 5.74) is 16.4. The average molecular weight is 547 g/mol. The van der Waals surface area contributed by atoms with Crippen LogP contribution in [0.4, 0.5) is 5.69 Å². The minimum Gasteiger partial charge on any atom is -0.456 e.